The molecule has 1 aliphatic carbocycles. The number of amides is 1. The summed E-state index contributed by atoms with van der Waals surface area (Å²) in [5, 5.41) is 11.7. The fraction of sp³-hybridized carbons (Fsp3) is 0.385. The third-order valence-corrected chi connectivity index (χ3v) is 2.88. The molecule has 0 aromatic heterocycles. The molecule has 1 saturated carbocycles. The Morgan fingerprint density at radius 3 is 2.88 bits per heavy atom. The first-order valence-electron chi connectivity index (χ1n) is 5.70. The molecule has 4 heteroatoms. The summed E-state index contributed by atoms with van der Waals surface area (Å²) in [6.07, 6.45) is 2.36. The number of nitrogens with one attached hydrogen (secondary N) is 1. The van der Waals surface area contributed by atoms with E-state index in [1.807, 2.05) is 11.9 Å². The van der Waals surface area contributed by atoms with Crippen LogP contribution in [0.4, 0.5) is 5.69 Å². The number of likely N-dealkylation sites (N-methyl/N-ethyl adjacent to an activating group) is 1. The highest BCUT2D eigenvalue weighted by Gasteiger charge is 2.27. The van der Waals surface area contributed by atoms with Gasteiger partial charge in [-0.1, -0.05) is 12.1 Å². The minimum absolute atomic E-state index is 0.0675. The lowest BCUT2D eigenvalue weighted by atomic mass is 10.2. The van der Waals surface area contributed by atoms with E-state index in [9.17, 15) is 4.79 Å². The Morgan fingerprint density at radius 1 is 1.53 bits per heavy atom. The van der Waals surface area contributed by atoms with Crippen molar-refractivity contribution in [1.82, 2.24) is 4.90 Å². The van der Waals surface area contributed by atoms with Gasteiger partial charge in [0, 0.05) is 6.04 Å². The van der Waals surface area contributed by atoms with Crippen LogP contribution in [0.5, 0.6) is 0 Å². The number of benzene rings is 1. The summed E-state index contributed by atoms with van der Waals surface area (Å²) in [4.78, 5) is 13.8. The molecule has 0 unspecified atom stereocenters. The molecule has 1 aliphatic rings. The van der Waals surface area contributed by atoms with Crippen LogP contribution in [0, 0.1) is 11.3 Å². The predicted molar refractivity (Wildman–Crippen MR) is 65.4 cm³/mol. The first-order chi connectivity index (χ1) is 8.20. The zero-order valence-electron chi connectivity index (χ0n) is 9.81. The average Bonchev–Trinajstić information content (AvgIpc) is 3.13. The summed E-state index contributed by atoms with van der Waals surface area (Å²) >= 11 is 0. The van der Waals surface area contributed by atoms with Gasteiger partial charge in [-0.2, -0.15) is 5.26 Å². The Hall–Kier alpha value is -1.86. The molecule has 0 aliphatic heterocycles. The molecule has 0 atom stereocenters. The molecule has 1 aromatic carbocycles. The van der Waals surface area contributed by atoms with Gasteiger partial charge in [0.1, 0.15) is 6.07 Å². The van der Waals surface area contributed by atoms with Crippen LogP contribution >= 0.6 is 0 Å². The van der Waals surface area contributed by atoms with Crippen LogP contribution in [0.2, 0.25) is 0 Å². The molecule has 1 fully saturated rings. The van der Waals surface area contributed by atoms with E-state index in [0.717, 1.165) is 0 Å². The van der Waals surface area contributed by atoms with Gasteiger partial charge >= 0.3 is 0 Å². The quantitative estimate of drug-likeness (QED) is 0.853. The molecule has 2 rings (SSSR count). The number of nitriles is 1. The van der Waals surface area contributed by atoms with Gasteiger partial charge in [-0.15, -0.1) is 0 Å². The van der Waals surface area contributed by atoms with Crippen molar-refractivity contribution in [3.05, 3.63) is 29.8 Å². The minimum atomic E-state index is -0.0675. The van der Waals surface area contributed by atoms with Crippen LogP contribution in [-0.4, -0.2) is 30.4 Å². The van der Waals surface area contributed by atoms with Gasteiger partial charge in [0.25, 0.3) is 0 Å². The Bertz CT molecular complexity index is 460. The van der Waals surface area contributed by atoms with Crippen molar-refractivity contribution in [2.45, 2.75) is 18.9 Å². The van der Waals surface area contributed by atoms with E-state index in [0.29, 0.717) is 23.8 Å². The Labute approximate surface area is 101 Å². The van der Waals surface area contributed by atoms with Gasteiger partial charge in [-0.05, 0) is 32.0 Å². The van der Waals surface area contributed by atoms with E-state index in [2.05, 4.69) is 11.4 Å². The van der Waals surface area contributed by atoms with Gasteiger partial charge < -0.3 is 5.32 Å². The number of para-hydroxylation sites is 1. The fourth-order valence-corrected chi connectivity index (χ4v) is 1.75. The lowest BCUT2D eigenvalue weighted by Gasteiger charge is -2.15. The summed E-state index contributed by atoms with van der Waals surface area (Å²) in [6, 6.07) is 9.65. The highest BCUT2D eigenvalue weighted by molar-refractivity contribution is 5.93. The standard InChI is InChI=1S/C13H15N3O/c1-16(11-6-7-11)9-13(17)15-12-5-3-2-4-10(12)8-14/h2-5,11H,6-7,9H2,1H3,(H,15,17). The van der Waals surface area contributed by atoms with E-state index in [1.54, 1.807) is 24.3 Å². The van der Waals surface area contributed by atoms with E-state index in [-0.39, 0.29) is 5.91 Å². The molecular formula is C13H15N3O. The van der Waals surface area contributed by atoms with E-state index >= 15 is 0 Å². The number of anilines is 1. The highest BCUT2D eigenvalue weighted by Crippen LogP contribution is 2.25. The number of nitrogens with zero attached hydrogens (tertiary/aromatic N) is 2. The monoisotopic (exact) mass is 229 g/mol. The third-order valence-electron chi connectivity index (χ3n) is 2.88. The van der Waals surface area contributed by atoms with Crippen LogP contribution in [0.3, 0.4) is 0 Å². The molecule has 0 bridgehead atoms. The van der Waals surface area contributed by atoms with Crippen molar-refractivity contribution in [1.29, 1.82) is 5.26 Å². The number of hydrogen-bond acceptors (Lipinski definition) is 3. The maximum atomic E-state index is 11.8. The van der Waals surface area contributed by atoms with Gasteiger partial charge in [-0.3, -0.25) is 9.69 Å². The van der Waals surface area contributed by atoms with Crippen molar-refractivity contribution in [2.75, 3.05) is 18.9 Å². The lowest BCUT2D eigenvalue weighted by molar-refractivity contribution is -0.117. The molecule has 0 radical (unpaired) electrons. The van der Waals surface area contributed by atoms with Crippen LogP contribution in [0.1, 0.15) is 18.4 Å². The number of carbonyl (C=O) groups excluding carboxylic acids is 1. The maximum Gasteiger partial charge on any atom is 0.238 e. The van der Waals surface area contributed by atoms with Crippen molar-refractivity contribution in [3.8, 4) is 6.07 Å². The number of hydrogen-bond donors (Lipinski definition) is 1. The van der Waals surface area contributed by atoms with Crippen LogP contribution in [-0.2, 0) is 4.79 Å². The first-order valence-corrected chi connectivity index (χ1v) is 5.70. The number of rotatable bonds is 4. The van der Waals surface area contributed by atoms with Crippen LogP contribution < -0.4 is 5.32 Å². The van der Waals surface area contributed by atoms with Crippen molar-refractivity contribution >= 4 is 11.6 Å². The van der Waals surface area contributed by atoms with E-state index < -0.39 is 0 Å². The van der Waals surface area contributed by atoms with Crippen molar-refractivity contribution in [3.63, 3.8) is 0 Å². The molecule has 1 amide bonds. The predicted octanol–water partition coefficient (Wildman–Crippen LogP) is 1.59. The van der Waals surface area contributed by atoms with E-state index in [4.69, 9.17) is 5.26 Å². The van der Waals surface area contributed by atoms with Crippen molar-refractivity contribution < 1.29 is 4.79 Å². The summed E-state index contributed by atoms with van der Waals surface area (Å²) < 4.78 is 0. The van der Waals surface area contributed by atoms with Crippen molar-refractivity contribution in [2.24, 2.45) is 0 Å². The number of carbonyl (C=O) groups is 1. The summed E-state index contributed by atoms with van der Waals surface area (Å²) in [5.74, 6) is -0.0675. The second-order valence-corrected chi connectivity index (χ2v) is 4.35. The second-order valence-electron chi connectivity index (χ2n) is 4.35. The zero-order valence-corrected chi connectivity index (χ0v) is 9.81. The molecule has 88 valence electrons. The summed E-state index contributed by atoms with van der Waals surface area (Å²) in [7, 11) is 1.95. The molecule has 17 heavy (non-hydrogen) atoms. The van der Waals surface area contributed by atoms with Crippen LogP contribution in [0.25, 0.3) is 0 Å². The average molecular weight is 229 g/mol. The van der Waals surface area contributed by atoms with Gasteiger partial charge in [0.05, 0.1) is 17.8 Å². The SMILES string of the molecule is CN(CC(=O)Nc1ccccc1C#N)C1CC1. The van der Waals surface area contributed by atoms with Gasteiger partial charge in [-0.25, -0.2) is 0 Å². The Kier molecular flexibility index (Phi) is 3.40. The Morgan fingerprint density at radius 2 is 2.24 bits per heavy atom. The van der Waals surface area contributed by atoms with Gasteiger partial charge in [0.15, 0.2) is 0 Å². The normalized spacial score (nSPS) is 14.4. The van der Waals surface area contributed by atoms with E-state index in [1.165, 1.54) is 12.8 Å². The first kappa shape index (κ1) is 11.6. The molecule has 0 saturated heterocycles. The summed E-state index contributed by atoms with van der Waals surface area (Å²) in [5.41, 5.74) is 1.08. The maximum absolute atomic E-state index is 11.8. The van der Waals surface area contributed by atoms with Gasteiger partial charge in [0.2, 0.25) is 5.91 Å². The molecule has 1 N–H and O–H groups in total. The molecular weight excluding hydrogens is 214 g/mol. The zero-order chi connectivity index (χ0) is 12.3. The molecule has 0 spiro atoms. The topological polar surface area (TPSA) is 56.1 Å². The fourth-order valence-electron chi connectivity index (χ4n) is 1.75. The highest BCUT2D eigenvalue weighted by atomic mass is 16.2. The largest absolute Gasteiger partial charge is 0.324 e. The molecule has 4 nitrogen and oxygen atoms in total. The second kappa shape index (κ2) is 4.98. The minimum Gasteiger partial charge on any atom is -0.324 e. The molecule has 1 aromatic rings. The lowest BCUT2D eigenvalue weighted by Crippen LogP contribution is -2.31. The smallest absolute Gasteiger partial charge is 0.238 e. The van der Waals surface area contributed by atoms with Crippen LogP contribution in [0.15, 0.2) is 24.3 Å². The molecule has 0 heterocycles. The summed E-state index contributed by atoms with van der Waals surface area (Å²) in [6.45, 7) is 0.379. The third kappa shape index (κ3) is 3.05. The Balaban J connectivity index is 1.95.